The Balaban J connectivity index is 2.42. The number of pyridine rings is 1. The Morgan fingerprint density at radius 1 is 1.13 bits per heavy atom. The highest BCUT2D eigenvalue weighted by molar-refractivity contribution is 5.35. The first-order valence-corrected chi connectivity index (χ1v) is 5.77. The molecule has 0 amide bonds. The van der Waals surface area contributed by atoms with Crippen LogP contribution in [0.1, 0.15) is 32.4 Å². The van der Waals surface area contributed by atoms with E-state index < -0.39 is 0 Å². The lowest BCUT2D eigenvalue weighted by Crippen LogP contribution is -2.15. The van der Waals surface area contributed by atoms with Gasteiger partial charge in [-0.3, -0.25) is 0 Å². The van der Waals surface area contributed by atoms with Gasteiger partial charge in [-0.2, -0.15) is 0 Å². The van der Waals surface area contributed by atoms with Crippen LogP contribution in [0.4, 0.5) is 5.82 Å². The highest BCUT2D eigenvalue weighted by Gasteiger charge is 1.96. The van der Waals surface area contributed by atoms with E-state index in [1.54, 1.807) is 0 Å². The number of nitrogens with zero attached hydrogens (tertiary/aromatic N) is 1. The molecule has 1 aromatic rings. The summed E-state index contributed by atoms with van der Waals surface area (Å²) < 4.78 is 0. The van der Waals surface area contributed by atoms with Gasteiger partial charge >= 0.3 is 0 Å². The van der Waals surface area contributed by atoms with Crippen LogP contribution in [0.2, 0.25) is 0 Å². The van der Waals surface area contributed by atoms with Crippen LogP contribution < -0.4 is 10.6 Å². The first-order chi connectivity index (χ1) is 7.36. The molecule has 0 atom stereocenters. The fourth-order valence-electron chi connectivity index (χ4n) is 1.32. The average molecular weight is 207 g/mol. The molecule has 0 aromatic carbocycles. The third-order valence-corrected chi connectivity index (χ3v) is 2.10. The van der Waals surface area contributed by atoms with Gasteiger partial charge < -0.3 is 10.6 Å². The van der Waals surface area contributed by atoms with Crippen molar-refractivity contribution in [3.05, 3.63) is 23.9 Å². The summed E-state index contributed by atoms with van der Waals surface area (Å²) in [6, 6.07) is 6.12. The van der Waals surface area contributed by atoms with E-state index in [1.807, 2.05) is 12.1 Å². The van der Waals surface area contributed by atoms with Crippen molar-refractivity contribution >= 4 is 5.82 Å². The number of nitrogens with one attached hydrogen (secondary N) is 2. The van der Waals surface area contributed by atoms with Gasteiger partial charge in [0.25, 0.3) is 0 Å². The zero-order valence-corrected chi connectivity index (χ0v) is 9.71. The molecule has 0 bridgehead atoms. The van der Waals surface area contributed by atoms with Crippen molar-refractivity contribution in [3.8, 4) is 0 Å². The van der Waals surface area contributed by atoms with Gasteiger partial charge in [-0.05, 0) is 31.5 Å². The molecule has 0 radical (unpaired) electrons. The average Bonchev–Trinajstić information content (AvgIpc) is 2.27. The lowest BCUT2D eigenvalue weighted by molar-refractivity contribution is 0.664. The molecule has 0 saturated heterocycles. The van der Waals surface area contributed by atoms with E-state index in [9.17, 15) is 0 Å². The van der Waals surface area contributed by atoms with E-state index in [1.165, 1.54) is 0 Å². The maximum absolute atomic E-state index is 4.51. The van der Waals surface area contributed by atoms with Crippen molar-refractivity contribution < 1.29 is 0 Å². The lowest BCUT2D eigenvalue weighted by atomic mass is 10.3. The molecular weight excluding hydrogens is 186 g/mol. The molecule has 1 rings (SSSR count). The quantitative estimate of drug-likeness (QED) is 0.674. The summed E-state index contributed by atoms with van der Waals surface area (Å²) in [6.07, 6.45) is 2.29. The Bertz CT molecular complexity index is 273. The van der Waals surface area contributed by atoms with Crippen LogP contribution in [0, 0.1) is 0 Å². The Morgan fingerprint density at radius 3 is 2.67 bits per heavy atom. The smallest absolute Gasteiger partial charge is 0.126 e. The molecule has 0 aliphatic carbocycles. The summed E-state index contributed by atoms with van der Waals surface area (Å²) >= 11 is 0. The van der Waals surface area contributed by atoms with E-state index in [2.05, 4.69) is 35.5 Å². The van der Waals surface area contributed by atoms with E-state index in [0.29, 0.717) is 0 Å². The van der Waals surface area contributed by atoms with Crippen molar-refractivity contribution in [1.29, 1.82) is 0 Å². The normalized spacial score (nSPS) is 10.3. The largest absolute Gasteiger partial charge is 0.370 e. The minimum absolute atomic E-state index is 0.857. The number of aromatic nitrogens is 1. The minimum atomic E-state index is 0.857. The van der Waals surface area contributed by atoms with Crippen LogP contribution in [0.25, 0.3) is 0 Å². The SMILES string of the molecule is CCCNCc1cccc(NCCC)n1. The molecule has 0 unspecified atom stereocenters. The van der Waals surface area contributed by atoms with Gasteiger partial charge in [0.1, 0.15) is 5.82 Å². The summed E-state index contributed by atoms with van der Waals surface area (Å²) in [5, 5.41) is 6.63. The van der Waals surface area contributed by atoms with Crippen LogP contribution in [-0.4, -0.2) is 18.1 Å². The first kappa shape index (κ1) is 12.0. The molecule has 2 N–H and O–H groups in total. The van der Waals surface area contributed by atoms with Crippen molar-refractivity contribution in [2.24, 2.45) is 0 Å². The monoisotopic (exact) mass is 207 g/mol. The summed E-state index contributed by atoms with van der Waals surface area (Å²) in [4.78, 5) is 4.51. The zero-order chi connectivity index (χ0) is 10.9. The molecule has 0 aliphatic heterocycles. The molecule has 1 heterocycles. The van der Waals surface area contributed by atoms with Gasteiger partial charge in [-0.1, -0.05) is 19.9 Å². The van der Waals surface area contributed by atoms with Gasteiger partial charge in [0.15, 0.2) is 0 Å². The van der Waals surface area contributed by atoms with E-state index in [0.717, 1.165) is 44.0 Å². The van der Waals surface area contributed by atoms with Gasteiger partial charge in [-0.15, -0.1) is 0 Å². The maximum Gasteiger partial charge on any atom is 0.126 e. The molecule has 0 fully saturated rings. The van der Waals surface area contributed by atoms with Crippen molar-refractivity contribution in [2.45, 2.75) is 33.2 Å². The molecule has 0 spiro atoms. The molecular formula is C12H21N3. The van der Waals surface area contributed by atoms with Crippen LogP contribution in [0.5, 0.6) is 0 Å². The zero-order valence-electron chi connectivity index (χ0n) is 9.71. The first-order valence-electron chi connectivity index (χ1n) is 5.77. The van der Waals surface area contributed by atoms with Crippen LogP contribution in [0.15, 0.2) is 18.2 Å². The van der Waals surface area contributed by atoms with Crippen LogP contribution in [0.3, 0.4) is 0 Å². The molecule has 15 heavy (non-hydrogen) atoms. The fraction of sp³-hybridized carbons (Fsp3) is 0.583. The summed E-state index contributed by atoms with van der Waals surface area (Å²) in [7, 11) is 0. The molecule has 0 aliphatic rings. The fourth-order valence-corrected chi connectivity index (χ4v) is 1.32. The molecule has 1 aromatic heterocycles. The Hall–Kier alpha value is -1.09. The Morgan fingerprint density at radius 2 is 1.93 bits per heavy atom. The van der Waals surface area contributed by atoms with Gasteiger partial charge in [0, 0.05) is 13.1 Å². The predicted octanol–water partition coefficient (Wildman–Crippen LogP) is 2.40. The summed E-state index contributed by atoms with van der Waals surface area (Å²) in [6.45, 7) is 7.21. The van der Waals surface area contributed by atoms with E-state index in [-0.39, 0.29) is 0 Å². The summed E-state index contributed by atoms with van der Waals surface area (Å²) in [5.41, 5.74) is 1.10. The topological polar surface area (TPSA) is 37.0 Å². The van der Waals surface area contributed by atoms with Gasteiger partial charge in [-0.25, -0.2) is 4.98 Å². The second-order valence-corrected chi connectivity index (χ2v) is 3.62. The Kier molecular flexibility index (Phi) is 5.78. The highest BCUT2D eigenvalue weighted by Crippen LogP contribution is 2.04. The molecule has 3 heteroatoms. The molecule has 3 nitrogen and oxygen atoms in total. The Labute approximate surface area is 92.3 Å². The van der Waals surface area contributed by atoms with Gasteiger partial charge in [0.2, 0.25) is 0 Å². The minimum Gasteiger partial charge on any atom is -0.370 e. The van der Waals surface area contributed by atoms with Crippen molar-refractivity contribution in [1.82, 2.24) is 10.3 Å². The maximum atomic E-state index is 4.51. The van der Waals surface area contributed by atoms with Crippen LogP contribution in [-0.2, 0) is 6.54 Å². The summed E-state index contributed by atoms with van der Waals surface area (Å²) in [5.74, 6) is 0.979. The van der Waals surface area contributed by atoms with Gasteiger partial charge in [0.05, 0.1) is 5.69 Å². The second kappa shape index (κ2) is 7.23. The number of hydrogen-bond acceptors (Lipinski definition) is 3. The standard InChI is InChI=1S/C12H21N3/c1-3-8-13-10-11-6-5-7-12(15-11)14-9-4-2/h5-7,13H,3-4,8-10H2,1-2H3,(H,14,15). The van der Waals surface area contributed by atoms with Crippen LogP contribution >= 0.6 is 0 Å². The van der Waals surface area contributed by atoms with E-state index >= 15 is 0 Å². The highest BCUT2D eigenvalue weighted by atomic mass is 15.0. The number of rotatable bonds is 7. The second-order valence-electron chi connectivity index (χ2n) is 3.62. The third-order valence-electron chi connectivity index (χ3n) is 2.10. The van der Waals surface area contributed by atoms with E-state index in [4.69, 9.17) is 0 Å². The number of hydrogen-bond donors (Lipinski definition) is 2. The number of anilines is 1. The van der Waals surface area contributed by atoms with Crippen molar-refractivity contribution in [3.63, 3.8) is 0 Å². The van der Waals surface area contributed by atoms with Crippen molar-refractivity contribution in [2.75, 3.05) is 18.4 Å². The molecule has 84 valence electrons. The molecule has 0 saturated carbocycles. The predicted molar refractivity (Wildman–Crippen MR) is 65.0 cm³/mol. The lowest BCUT2D eigenvalue weighted by Gasteiger charge is -2.06. The third kappa shape index (κ3) is 4.79.